The highest BCUT2D eigenvalue weighted by Gasteiger charge is 2.36. The summed E-state index contributed by atoms with van der Waals surface area (Å²) in [5, 5.41) is 3.13. The largest absolute Gasteiger partial charge is 0.452 e. The standard InChI is InChI=1S/C23H32F3N5O3S/c1-14(2)13-31(17-7-9-34-10-8-17)19-6-5-16(15(3)11-20(32)29-33-4)12-18(19)27-22-28-21(30-35-22)23(24,25)26/h5-6,12,14-15,17H,7-11,13H2,1-4H3,(H,29,32)(H,27,28,30). The van der Waals surface area contributed by atoms with Gasteiger partial charge in [0.2, 0.25) is 16.9 Å². The quantitative estimate of drug-likeness (QED) is 0.425. The van der Waals surface area contributed by atoms with Gasteiger partial charge in [0, 0.05) is 43.8 Å². The minimum absolute atomic E-state index is 0.0528. The Morgan fingerprint density at radius 2 is 2.00 bits per heavy atom. The lowest BCUT2D eigenvalue weighted by Gasteiger charge is -2.38. The number of halogens is 3. The molecule has 8 nitrogen and oxygen atoms in total. The molecular weight excluding hydrogens is 483 g/mol. The minimum atomic E-state index is -4.61. The topological polar surface area (TPSA) is 88.6 Å². The Hall–Kier alpha value is -2.44. The van der Waals surface area contributed by atoms with Crippen molar-refractivity contribution in [1.82, 2.24) is 14.8 Å². The number of hydrogen-bond donors (Lipinski definition) is 2. The second kappa shape index (κ2) is 12.0. The van der Waals surface area contributed by atoms with Crippen LogP contribution < -0.4 is 15.7 Å². The summed E-state index contributed by atoms with van der Waals surface area (Å²) < 4.78 is 48.2. The number of hydrogen-bond acceptors (Lipinski definition) is 8. The van der Waals surface area contributed by atoms with Gasteiger partial charge in [0.15, 0.2) is 0 Å². The number of hydroxylamine groups is 1. The number of aromatic nitrogens is 2. The lowest BCUT2D eigenvalue weighted by molar-refractivity contribution is -0.144. The molecule has 1 aliphatic rings. The van der Waals surface area contributed by atoms with E-state index < -0.39 is 12.0 Å². The van der Waals surface area contributed by atoms with Gasteiger partial charge in [-0.05, 0) is 42.4 Å². The molecule has 35 heavy (non-hydrogen) atoms. The number of nitrogens with one attached hydrogen (secondary N) is 2. The number of rotatable bonds is 10. The SMILES string of the molecule is CONC(=O)CC(C)c1ccc(N(CC(C)C)C2CCOCC2)c(Nc2nc(C(F)(F)F)ns2)c1. The molecule has 1 atom stereocenters. The minimum Gasteiger partial charge on any atom is -0.381 e. The monoisotopic (exact) mass is 515 g/mol. The van der Waals surface area contributed by atoms with Crippen LogP contribution in [0.1, 0.15) is 57.3 Å². The van der Waals surface area contributed by atoms with E-state index in [1.165, 1.54) is 7.11 Å². The third-order valence-corrected chi connectivity index (χ3v) is 6.35. The first-order valence-corrected chi connectivity index (χ1v) is 12.3. The fraction of sp³-hybridized carbons (Fsp3) is 0.609. The third kappa shape index (κ3) is 7.52. The Bertz CT molecular complexity index is 980. The van der Waals surface area contributed by atoms with E-state index in [0.717, 1.165) is 30.6 Å². The Labute approximate surface area is 207 Å². The van der Waals surface area contributed by atoms with Gasteiger partial charge < -0.3 is 15.0 Å². The molecule has 0 aliphatic carbocycles. The average Bonchev–Trinajstić information content (AvgIpc) is 3.27. The number of anilines is 3. The summed E-state index contributed by atoms with van der Waals surface area (Å²) in [6.45, 7) is 8.27. The van der Waals surface area contributed by atoms with Crippen molar-refractivity contribution in [3.63, 3.8) is 0 Å². The zero-order chi connectivity index (χ0) is 25.6. The summed E-state index contributed by atoms with van der Waals surface area (Å²) in [7, 11) is 1.37. The smallest absolute Gasteiger partial charge is 0.381 e. The van der Waals surface area contributed by atoms with Crippen LogP contribution in [0, 0.1) is 5.92 Å². The van der Waals surface area contributed by atoms with E-state index in [9.17, 15) is 18.0 Å². The predicted molar refractivity (Wildman–Crippen MR) is 129 cm³/mol. The molecule has 2 aromatic rings. The molecule has 2 N–H and O–H groups in total. The van der Waals surface area contributed by atoms with Crippen LogP contribution in [0.3, 0.4) is 0 Å². The van der Waals surface area contributed by atoms with E-state index >= 15 is 0 Å². The first-order valence-electron chi connectivity index (χ1n) is 11.6. The molecule has 12 heteroatoms. The number of alkyl halides is 3. The molecule has 0 saturated carbocycles. The van der Waals surface area contributed by atoms with Crippen molar-refractivity contribution in [2.75, 3.05) is 37.1 Å². The van der Waals surface area contributed by atoms with E-state index in [2.05, 4.69) is 38.9 Å². The summed E-state index contributed by atoms with van der Waals surface area (Å²) in [4.78, 5) is 22.6. The van der Waals surface area contributed by atoms with E-state index in [4.69, 9.17) is 9.57 Å². The first-order chi connectivity index (χ1) is 16.6. The molecule has 1 aliphatic heterocycles. The molecule has 0 spiro atoms. The van der Waals surface area contributed by atoms with Crippen LogP contribution in [0.2, 0.25) is 0 Å². The fourth-order valence-corrected chi connectivity index (χ4v) is 4.70. The van der Waals surface area contributed by atoms with Gasteiger partial charge in [-0.3, -0.25) is 9.63 Å². The van der Waals surface area contributed by atoms with Gasteiger partial charge in [0.25, 0.3) is 0 Å². The molecule has 1 fully saturated rings. The third-order valence-electron chi connectivity index (χ3n) is 5.72. The van der Waals surface area contributed by atoms with Crippen LogP contribution in [0.15, 0.2) is 18.2 Å². The maximum atomic E-state index is 13.1. The maximum absolute atomic E-state index is 13.1. The Morgan fingerprint density at radius 3 is 2.60 bits per heavy atom. The van der Waals surface area contributed by atoms with Gasteiger partial charge in [-0.1, -0.05) is 26.8 Å². The Kier molecular flexibility index (Phi) is 9.31. The normalized spacial score (nSPS) is 15.8. The molecule has 1 amide bonds. The zero-order valence-corrected chi connectivity index (χ0v) is 21.1. The highest BCUT2D eigenvalue weighted by atomic mass is 32.1. The number of carbonyl (C=O) groups is 1. The highest BCUT2D eigenvalue weighted by molar-refractivity contribution is 7.09. The molecule has 0 bridgehead atoms. The van der Waals surface area contributed by atoms with Crippen molar-refractivity contribution in [3.05, 3.63) is 29.6 Å². The molecule has 1 unspecified atom stereocenters. The van der Waals surface area contributed by atoms with Crippen molar-refractivity contribution in [3.8, 4) is 0 Å². The fourth-order valence-electron chi connectivity index (χ4n) is 4.10. The first kappa shape index (κ1) is 27.2. The summed E-state index contributed by atoms with van der Waals surface area (Å²) in [5.74, 6) is -1.22. The second-order valence-electron chi connectivity index (χ2n) is 9.05. The van der Waals surface area contributed by atoms with Gasteiger partial charge in [0.1, 0.15) is 0 Å². The number of ether oxygens (including phenoxy) is 1. The van der Waals surface area contributed by atoms with Gasteiger partial charge in [0.05, 0.1) is 18.5 Å². The number of benzene rings is 1. The predicted octanol–water partition coefficient (Wildman–Crippen LogP) is 5.11. The molecule has 1 saturated heterocycles. The van der Waals surface area contributed by atoms with E-state index in [0.29, 0.717) is 36.4 Å². The Balaban J connectivity index is 1.98. The molecule has 1 aromatic heterocycles. The molecule has 2 heterocycles. The number of carbonyl (C=O) groups excluding carboxylic acids is 1. The summed E-state index contributed by atoms with van der Waals surface area (Å²) >= 11 is 0.661. The van der Waals surface area contributed by atoms with Crippen LogP contribution in [-0.2, 0) is 20.5 Å². The summed E-state index contributed by atoms with van der Waals surface area (Å²) in [5.41, 5.74) is 4.67. The van der Waals surface area contributed by atoms with Gasteiger partial charge >= 0.3 is 6.18 Å². The van der Waals surface area contributed by atoms with Gasteiger partial charge in [-0.15, -0.1) is 0 Å². The van der Waals surface area contributed by atoms with Crippen molar-refractivity contribution in [2.24, 2.45) is 5.92 Å². The van der Waals surface area contributed by atoms with Crippen LogP contribution in [-0.4, -0.2) is 48.2 Å². The van der Waals surface area contributed by atoms with E-state index in [1.807, 2.05) is 25.1 Å². The van der Waals surface area contributed by atoms with Crippen molar-refractivity contribution >= 4 is 33.9 Å². The number of amides is 1. The molecule has 1 aromatic carbocycles. The second-order valence-corrected chi connectivity index (χ2v) is 9.80. The van der Waals surface area contributed by atoms with Crippen molar-refractivity contribution < 1.29 is 27.5 Å². The maximum Gasteiger partial charge on any atom is 0.452 e. The van der Waals surface area contributed by atoms with Gasteiger partial charge in [-0.2, -0.15) is 22.5 Å². The average molecular weight is 516 g/mol. The van der Waals surface area contributed by atoms with Crippen LogP contribution in [0.25, 0.3) is 0 Å². The van der Waals surface area contributed by atoms with Crippen molar-refractivity contribution in [2.45, 2.75) is 58.2 Å². The molecule has 194 valence electrons. The zero-order valence-electron chi connectivity index (χ0n) is 20.3. The summed E-state index contributed by atoms with van der Waals surface area (Å²) in [6.07, 6.45) is -2.70. The highest BCUT2D eigenvalue weighted by Crippen LogP contribution is 2.37. The van der Waals surface area contributed by atoms with Crippen LogP contribution in [0.4, 0.5) is 29.7 Å². The van der Waals surface area contributed by atoms with Crippen molar-refractivity contribution in [1.29, 1.82) is 0 Å². The van der Waals surface area contributed by atoms with Crippen LogP contribution >= 0.6 is 11.5 Å². The molecule has 0 radical (unpaired) electrons. The van der Waals surface area contributed by atoms with E-state index in [-0.39, 0.29) is 29.4 Å². The number of nitrogens with zero attached hydrogens (tertiary/aromatic N) is 3. The lowest BCUT2D eigenvalue weighted by Crippen LogP contribution is -2.42. The Morgan fingerprint density at radius 1 is 1.29 bits per heavy atom. The molecular formula is C23H32F3N5O3S. The van der Waals surface area contributed by atoms with E-state index in [1.54, 1.807) is 0 Å². The van der Waals surface area contributed by atoms with Gasteiger partial charge in [-0.25, -0.2) is 5.48 Å². The van der Waals surface area contributed by atoms with Crippen LogP contribution in [0.5, 0.6) is 0 Å². The summed E-state index contributed by atoms with van der Waals surface area (Å²) in [6, 6.07) is 6.04. The molecule has 3 rings (SSSR count). The lowest BCUT2D eigenvalue weighted by atomic mass is 9.95.